The largest absolute Gasteiger partial charge is 0.394 e. The van der Waals surface area contributed by atoms with Gasteiger partial charge < -0.3 is 10.4 Å². The lowest BCUT2D eigenvalue weighted by Gasteiger charge is -2.13. The van der Waals surface area contributed by atoms with E-state index < -0.39 is 10.0 Å². The van der Waals surface area contributed by atoms with Crippen LogP contribution < -0.4 is 10.0 Å². The number of carbonyl (C=O) groups excluding carboxylic acids is 1. The van der Waals surface area contributed by atoms with Gasteiger partial charge in [0.2, 0.25) is 15.9 Å². The van der Waals surface area contributed by atoms with E-state index >= 15 is 0 Å². The van der Waals surface area contributed by atoms with Crippen molar-refractivity contribution in [1.82, 2.24) is 10.3 Å². The SMILES string of the molecule is CC[C@H](CO)NC(=O)Cc1csc(NS(C)(=O)=O)n1. The van der Waals surface area contributed by atoms with Crippen LogP contribution in [0, 0.1) is 0 Å². The standard InChI is InChI=1S/C10H17N3O4S2/c1-3-7(5-14)11-9(15)4-8-6-18-10(12-8)13-19(2,16)17/h6-7,14H,3-5H2,1-2H3,(H,11,15)(H,12,13)/t7-/m1/s1. The molecule has 0 saturated carbocycles. The van der Waals surface area contributed by atoms with Gasteiger partial charge in [-0.3, -0.25) is 9.52 Å². The van der Waals surface area contributed by atoms with Gasteiger partial charge in [-0.25, -0.2) is 13.4 Å². The van der Waals surface area contributed by atoms with Gasteiger partial charge >= 0.3 is 0 Å². The monoisotopic (exact) mass is 307 g/mol. The Balaban J connectivity index is 2.56. The number of hydrogen-bond donors (Lipinski definition) is 3. The van der Waals surface area contributed by atoms with Crippen molar-refractivity contribution < 1.29 is 18.3 Å². The Morgan fingerprint density at radius 3 is 2.79 bits per heavy atom. The van der Waals surface area contributed by atoms with Gasteiger partial charge in [0.25, 0.3) is 0 Å². The van der Waals surface area contributed by atoms with Crippen molar-refractivity contribution in [2.75, 3.05) is 17.6 Å². The van der Waals surface area contributed by atoms with Crippen LogP contribution in [0.5, 0.6) is 0 Å². The van der Waals surface area contributed by atoms with Gasteiger partial charge in [0.15, 0.2) is 5.13 Å². The molecule has 0 spiro atoms. The Bertz CT molecular complexity index is 523. The molecule has 1 rings (SSSR count). The quantitative estimate of drug-likeness (QED) is 0.654. The van der Waals surface area contributed by atoms with Crippen molar-refractivity contribution in [3.05, 3.63) is 11.1 Å². The zero-order chi connectivity index (χ0) is 14.5. The third-order valence-corrected chi connectivity index (χ3v) is 3.74. The van der Waals surface area contributed by atoms with E-state index in [2.05, 4.69) is 15.0 Å². The van der Waals surface area contributed by atoms with Crippen LogP contribution in [0.1, 0.15) is 19.0 Å². The van der Waals surface area contributed by atoms with Gasteiger partial charge in [-0.15, -0.1) is 11.3 Å². The number of amides is 1. The Hall–Kier alpha value is -1.19. The molecule has 0 bridgehead atoms. The molecule has 1 aromatic heterocycles. The van der Waals surface area contributed by atoms with Crippen LogP contribution in [0.4, 0.5) is 5.13 Å². The first kappa shape index (κ1) is 15.9. The van der Waals surface area contributed by atoms with Crippen LogP contribution in [-0.2, 0) is 21.2 Å². The van der Waals surface area contributed by atoms with Gasteiger partial charge in [0.1, 0.15) is 0 Å². The van der Waals surface area contributed by atoms with E-state index in [0.717, 1.165) is 17.6 Å². The summed E-state index contributed by atoms with van der Waals surface area (Å²) in [6, 6.07) is -0.264. The van der Waals surface area contributed by atoms with Crippen LogP contribution in [-0.4, -0.2) is 43.3 Å². The molecule has 0 aliphatic rings. The summed E-state index contributed by atoms with van der Waals surface area (Å²) in [6.07, 6.45) is 1.73. The second-order valence-corrected chi connectivity index (χ2v) is 6.66. The minimum Gasteiger partial charge on any atom is -0.394 e. The van der Waals surface area contributed by atoms with Gasteiger partial charge in [0, 0.05) is 5.38 Å². The van der Waals surface area contributed by atoms with Crippen molar-refractivity contribution in [3.8, 4) is 0 Å². The second-order valence-electron chi connectivity index (χ2n) is 4.05. The lowest BCUT2D eigenvalue weighted by molar-refractivity contribution is -0.121. The van der Waals surface area contributed by atoms with E-state index in [-0.39, 0.29) is 30.1 Å². The molecule has 9 heteroatoms. The van der Waals surface area contributed by atoms with Crippen LogP contribution in [0.2, 0.25) is 0 Å². The van der Waals surface area contributed by atoms with E-state index in [4.69, 9.17) is 5.11 Å². The average molecular weight is 307 g/mol. The normalized spacial score (nSPS) is 13.0. The summed E-state index contributed by atoms with van der Waals surface area (Å²) in [5.41, 5.74) is 0.487. The van der Waals surface area contributed by atoms with Crippen LogP contribution in [0.3, 0.4) is 0 Å². The molecule has 1 heterocycles. The lowest BCUT2D eigenvalue weighted by Crippen LogP contribution is -2.37. The van der Waals surface area contributed by atoms with E-state index in [0.29, 0.717) is 12.1 Å². The first-order valence-electron chi connectivity index (χ1n) is 5.66. The third-order valence-electron chi connectivity index (χ3n) is 2.24. The fourth-order valence-electron chi connectivity index (χ4n) is 1.31. The highest BCUT2D eigenvalue weighted by Gasteiger charge is 2.13. The molecular weight excluding hydrogens is 290 g/mol. The predicted octanol–water partition coefficient (Wildman–Crippen LogP) is -0.0558. The molecule has 1 aromatic rings. The van der Waals surface area contributed by atoms with Gasteiger partial charge in [-0.1, -0.05) is 6.92 Å². The fourth-order valence-corrected chi connectivity index (χ4v) is 2.88. The van der Waals surface area contributed by atoms with E-state index in [1.807, 2.05) is 6.92 Å². The molecule has 1 amide bonds. The molecule has 0 radical (unpaired) electrons. The molecule has 0 aliphatic carbocycles. The highest BCUT2D eigenvalue weighted by Crippen LogP contribution is 2.16. The number of nitrogens with one attached hydrogen (secondary N) is 2. The smallest absolute Gasteiger partial charge is 0.231 e. The number of aliphatic hydroxyl groups excluding tert-OH is 1. The van der Waals surface area contributed by atoms with E-state index in [1.165, 1.54) is 0 Å². The Morgan fingerprint density at radius 1 is 1.58 bits per heavy atom. The summed E-state index contributed by atoms with van der Waals surface area (Å²) in [4.78, 5) is 15.6. The van der Waals surface area contributed by atoms with Crippen LogP contribution >= 0.6 is 11.3 Å². The Morgan fingerprint density at radius 2 is 2.26 bits per heavy atom. The molecule has 0 unspecified atom stereocenters. The number of anilines is 1. The highest BCUT2D eigenvalue weighted by molar-refractivity contribution is 7.92. The minimum absolute atomic E-state index is 0.0540. The summed E-state index contributed by atoms with van der Waals surface area (Å²) < 4.78 is 24.3. The molecule has 19 heavy (non-hydrogen) atoms. The number of sulfonamides is 1. The number of aliphatic hydroxyl groups is 1. The number of thiazole rings is 1. The van der Waals surface area contributed by atoms with E-state index in [9.17, 15) is 13.2 Å². The van der Waals surface area contributed by atoms with Crippen molar-refractivity contribution in [3.63, 3.8) is 0 Å². The number of carbonyl (C=O) groups is 1. The first-order chi connectivity index (χ1) is 8.84. The molecule has 108 valence electrons. The fraction of sp³-hybridized carbons (Fsp3) is 0.600. The maximum absolute atomic E-state index is 11.6. The van der Waals surface area contributed by atoms with Crippen LogP contribution in [0.15, 0.2) is 5.38 Å². The molecule has 3 N–H and O–H groups in total. The van der Waals surface area contributed by atoms with E-state index in [1.54, 1.807) is 5.38 Å². The zero-order valence-electron chi connectivity index (χ0n) is 10.7. The zero-order valence-corrected chi connectivity index (χ0v) is 12.3. The summed E-state index contributed by atoms with van der Waals surface area (Å²) >= 11 is 1.12. The number of aromatic nitrogens is 1. The molecule has 0 saturated heterocycles. The number of rotatable bonds is 7. The van der Waals surface area contributed by atoms with Crippen molar-refractivity contribution in [1.29, 1.82) is 0 Å². The van der Waals surface area contributed by atoms with Crippen molar-refractivity contribution in [2.45, 2.75) is 25.8 Å². The number of hydrogen-bond acceptors (Lipinski definition) is 6. The maximum atomic E-state index is 11.6. The summed E-state index contributed by atoms with van der Waals surface area (Å²) in [5.74, 6) is -0.253. The first-order valence-corrected chi connectivity index (χ1v) is 8.43. The summed E-state index contributed by atoms with van der Waals surface area (Å²) in [6.45, 7) is 1.75. The predicted molar refractivity (Wildman–Crippen MR) is 73.6 cm³/mol. The second kappa shape index (κ2) is 6.83. The number of nitrogens with zero attached hydrogens (tertiary/aromatic N) is 1. The molecule has 0 fully saturated rings. The van der Waals surface area contributed by atoms with Gasteiger partial charge in [-0.05, 0) is 6.42 Å². The topological polar surface area (TPSA) is 108 Å². The maximum Gasteiger partial charge on any atom is 0.231 e. The minimum atomic E-state index is -3.35. The van der Waals surface area contributed by atoms with Crippen molar-refractivity contribution >= 4 is 32.4 Å². The summed E-state index contributed by atoms with van der Waals surface area (Å²) in [5, 5.41) is 13.5. The Kier molecular flexibility index (Phi) is 5.70. The van der Waals surface area contributed by atoms with Crippen LogP contribution in [0.25, 0.3) is 0 Å². The molecular formula is C10H17N3O4S2. The third kappa shape index (κ3) is 5.99. The van der Waals surface area contributed by atoms with Gasteiger partial charge in [-0.2, -0.15) is 0 Å². The molecule has 7 nitrogen and oxygen atoms in total. The van der Waals surface area contributed by atoms with Crippen molar-refractivity contribution in [2.24, 2.45) is 0 Å². The molecule has 0 aromatic carbocycles. The van der Waals surface area contributed by atoms with Gasteiger partial charge in [0.05, 0.1) is 31.0 Å². The highest BCUT2D eigenvalue weighted by atomic mass is 32.2. The molecule has 0 aliphatic heterocycles. The molecule has 1 atom stereocenters. The average Bonchev–Trinajstić information content (AvgIpc) is 2.70. The summed E-state index contributed by atoms with van der Waals surface area (Å²) in [7, 11) is -3.35. The Labute approximate surface area is 116 Å². The lowest BCUT2D eigenvalue weighted by atomic mass is 10.2.